The molecule has 0 aliphatic carbocycles. The first-order valence-corrected chi connectivity index (χ1v) is 5.10. The van der Waals surface area contributed by atoms with Crippen LogP contribution in [0, 0.1) is 11.6 Å². The molecule has 8 nitrogen and oxygen atoms in total. The van der Waals surface area contributed by atoms with Gasteiger partial charge in [-0.05, 0) is 6.07 Å². The molecule has 0 aliphatic heterocycles. The van der Waals surface area contributed by atoms with Crippen molar-refractivity contribution in [1.29, 1.82) is 0 Å². The lowest BCUT2D eigenvalue weighted by Crippen LogP contribution is -2.17. The second-order valence-electron chi connectivity index (χ2n) is 3.61. The highest BCUT2D eigenvalue weighted by Gasteiger charge is 2.19. The van der Waals surface area contributed by atoms with Crippen LogP contribution in [0.5, 0.6) is 0 Å². The van der Waals surface area contributed by atoms with Gasteiger partial charge in [-0.25, -0.2) is 13.6 Å². The molecule has 0 saturated heterocycles. The fourth-order valence-corrected chi connectivity index (χ4v) is 1.39. The average molecular weight is 283 g/mol. The molecule has 10 heteroatoms. The molecule has 0 spiro atoms. The number of carbonyl (C=O) groups is 2. The van der Waals surface area contributed by atoms with Crippen LogP contribution in [-0.4, -0.2) is 32.2 Å². The Morgan fingerprint density at radius 3 is 2.50 bits per heavy atom. The van der Waals surface area contributed by atoms with Gasteiger partial charge in [0.15, 0.2) is 11.6 Å². The smallest absolute Gasteiger partial charge is 0.337 e. The standard InChI is InChI=1S/C10H7F2N5O3/c11-4-1-3(9(19)20)6(2-5(4)12)14-8(18)7-15-10(13)17-16-7/h1-2H,(H,14,18)(H,19,20)(H3,13,15,16,17). The van der Waals surface area contributed by atoms with Crippen LogP contribution in [-0.2, 0) is 0 Å². The van der Waals surface area contributed by atoms with Gasteiger partial charge in [-0.2, -0.15) is 4.98 Å². The first-order valence-electron chi connectivity index (χ1n) is 5.10. The van der Waals surface area contributed by atoms with Gasteiger partial charge in [0.2, 0.25) is 11.8 Å². The lowest BCUT2D eigenvalue weighted by atomic mass is 10.1. The number of anilines is 2. The highest BCUT2D eigenvalue weighted by atomic mass is 19.2. The van der Waals surface area contributed by atoms with Crippen molar-refractivity contribution in [1.82, 2.24) is 15.2 Å². The number of hydrogen-bond donors (Lipinski definition) is 4. The summed E-state index contributed by atoms with van der Waals surface area (Å²) in [4.78, 5) is 26.1. The van der Waals surface area contributed by atoms with Crippen molar-refractivity contribution in [3.8, 4) is 0 Å². The number of carboxylic acids is 1. The Morgan fingerprint density at radius 1 is 1.30 bits per heavy atom. The second kappa shape index (κ2) is 4.91. The van der Waals surface area contributed by atoms with Crippen molar-refractivity contribution in [3.05, 3.63) is 35.2 Å². The van der Waals surface area contributed by atoms with E-state index in [4.69, 9.17) is 10.8 Å². The molecule has 2 aromatic rings. The molecule has 0 atom stereocenters. The molecule has 1 aromatic heterocycles. The maximum Gasteiger partial charge on any atom is 0.337 e. The van der Waals surface area contributed by atoms with Crippen molar-refractivity contribution in [2.24, 2.45) is 0 Å². The van der Waals surface area contributed by atoms with Gasteiger partial charge in [0.25, 0.3) is 5.91 Å². The highest BCUT2D eigenvalue weighted by molar-refractivity contribution is 6.05. The number of hydrogen-bond acceptors (Lipinski definition) is 5. The van der Waals surface area contributed by atoms with E-state index in [0.717, 1.165) is 0 Å². The maximum atomic E-state index is 13.1. The van der Waals surface area contributed by atoms with E-state index < -0.39 is 34.8 Å². The Labute approximate surface area is 109 Å². The molecule has 0 radical (unpaired) electrons. The van der Waals surface area contributed by atoms with E-state index in [9.17, 15) is 18.4 Å². The topological polar surface area (TPSA) is 134 Å². The molecule has 0 aliphatic rings. The van der Waals surface area contributed by atoms with Gasteiger partial charge in [0.05, 0.1) is 11.3 Å². The number of halogens is 2. The third-order valence-electron chi connectivity index (χ3n) is 2.26. The molecular formula is C10H7F2N5O3. The van der Waals surface area contributed by atoms with Gasteiger partial charge >= 0.3 is 5.97 Å². The number of rotatable bonds is 3. The SMILES string of the molecule is Nc1n[nH]c(C(=O)Nc2cc(F)c(F)cc2C(=O)O)n1. The number of carbonyl (C=O) groups excluding carboxylic acids is 1. The number of carboxylic acid groups (broad SMARTS) is 1. The summed E-state index contributed by atoms with van der Waals surface area (Å²) < 4.78 is 26.1. The van der Waals surface area contributed by atoms with Crippen molar-refractivity contribution in [2.75, 3.05) is 11.1 Å². The van der Waals surface area contributed by atoms with E-state index in [0.29, 0.717) is 12.1 Å². The molecule has 20 heavy (non-hydrogen) atoms. The van der Waals surface area contributed by atoms with Crippen LogP contribution >= 0.6 is 0 Å². The monoisotopic (exact) mass is 283 g/mol. The fraction of sp³-hybridized carbons (Fsp3) is 0. The van der Waals surface area contributed by atoms with Crippen molar-refractivity contribution in [2.45, 2.75) is 0 Å². The number of H-pyrrole nitrogens is 1. The molecule has 1 aromatic carbocycles. The van der Waals surface area contributed by atoms with Crippen LogP contribution < -0.4 is 11.1 Å². The van der Waals surface area contributed by atoms with Crippen LogP contribution in [0.3, 0.4) is 0 Å². The highest BCUT2D eigenvalue weighted by Crippen LogP contribution is 2.20. The molecule has 2 rings (SSSR count). The lowest BCUT2D eigenvalue weighted by molar-refractivity contribution is 0.0697. The number of benzene rings is 1. The summed E-state index contributed by atoms with van der Waals surface area (Å²) in [6, 6.07) is 1.01. The molecule has 0 fully saturated rings. The number of nitrogens with zero attached hydrogens (tertiary/aromatic N) is 2. The van der Waals surface area contributed by atoms with Crippen LogP contribution in [0.15, 0.2) is 12.1 Å². The zero-order valence-electron chi connectivity index (χ0n) is 9.65. The minimum Gasteiger partial charge on any atom is -0.478 e. The van der Waals surface area contributed by atoms with Gasteiger partial charge in [0.1, 0.15) is 0 Å². The molecule has 5 N–H and O–H groups in total. The predicted molar refractivity (Wildman–Crippen MR) is 62.1 cm³/mol. The lowest BCUT2D eigenvalue weighted by Gasteiger charge is -2.07. The largest absolute Gasteiger partial charge is 0.478 e. The molecule has 1 amide bonds. The summed E-state index contributed by atoms with van der Waals surface area (Å²) in [5.74, 6) is -5.58. The molecule has 1 heterocycles. The van der Waals surface area contributed by atoms with E-state index in [-0.39, 0.29) is 11.8 Å². The number of nitrogens with one attached hydrogen (secondary N) is 2. The van der Waals surface area contributed by atoms with Crippen molar-refractivity contribution in [3.63, 3.8) is 0 Å². The average Bonchev–Trinajstić information content (AvgIpc) is 2.80. The third-order valence-corrected chi connectivity index (χ3v) is 2.26. The third kappa shape index (κ3) is 2.53. The van der Waals surface area contributed by atoms with Gasteiger partial charge in [-0.15, -0.1) is 5.10 Å². The van der Waals surface area contributed by atoms with Gasteiger partial charge in [-0.1, -0.05) is 0 Å². The van der Waals surface area contributed by atoms with Crippen LogP contribution in [0.1, 0.15) is 21.0 Å². The Balaban J connectivity index is 2.35. The summed E-state index contributed by atoms with van der Waals surface area (Å²) >= 11 is 0. The summed E-state index contributed by atoms with van der Waals surface area (Å²) in [7, 11) is 0. The maximum absolute atomic E-state index is 13.1. The Morgan fingerprint density at radius 2 is 1.95 bits per heavy atom. The first-order chi connectivity index (χ1) is 9.38. The zero-order chi connectivity index (χ0) is 14.9. The van der Waals surface area contributed by atoms with E-state index in [1.165, 1.54) is 0 Å². The fourth-order valence-electron chi connectivity index (χ4n) is 1.39. The number of nitrogen functional groups attached to an aromatic ring is 1. The first kappa shape index (κ1) is 13.4. The van der Waals surface area contributed by atoms with Crippen LogP contribution in [0.25, 0.3) is 0 Å². The predicted octanol–water partition coefficient (Wildman–Crippen LogP) is 0.616. The van der Waals surface area contributed by atoms with Gasteiger partial charge in [0, 0.05) is 6.07 Å². The Hall–Kier alpha value is -3.04. The van der Waals surface area contributed by atoms with E-state index in [1.807, 2.05) is 0 Å². The van der Waals surface area contributed by atoms with Gasteiger partial charge in [-0.3, -0.25) is 9.89 Å². The summed E-state index contributed by atoms with van der Waals surface area (Å²) in [6.07, 6.45) is 0. The number of amides is 1. The quantitative estimate of drug-likeness (QED) is 0.652. The van der Waals surface area contributed by atoms with Crippen molar-refractivity contribution < 1.29 is 23.5 Å². The molecule has 104 valence electrons. The Bertz CT molecular complexity index is 700. The number of aromatic amines is 1. The van der Waals surface area contributed by atoms with Crippen molar-refractivity contribution >= 4 is 23.5 Å². The summed E-state index contributed by atoms with van der Waals surface area (Å²) in [5.41, 5.74) is 4.17. The minimum absolute atomic E-state index is 0.195. The zero-order valence-corrected chi connectivity index (χ0v) is 9.65. The number of aromatic nitrogens is 3. The number of aromatic carboxylic acids is 1. The van der Waals surface area contributed by atoms with Crippen LogP contribution in [0.4, 0.5) is 20.4 Å². The van der Waals surface area contributed by atoms with Crippen LogP contribution in [0.2, 0.25) is 0 Å². The van der Waals surface area contributed by atoms with Gasteiger partial charge < -0.3 is 16.2 Å². The molecule has 0 bridgehead atoms. The molecule has 0 saturated carbocycles. The summed E-state index contributed by atoms with van der Waals surface area (Å²) in [5, 5.41) is 16.5. The molecule has 0 unspecified atom stereocenters. The Kier molecular flexibility index (Phi) is 3.29. The second-order valence-corrected chi connectivity index (χ2v) is 3.61. The van der Waals surface area contributed by atoms with E-state index in [1.54, 1.807) is 0 Å². The van der Waals surface area contributed by atoms with E-state index >= 15 is 0 Å². The molecular weight excluding hydrogens is 276 g/mol. The normalized spacial score (nSPS) is 10.3. The number of nitrogens with two attached hydrogens (primary N) is 1. The summed E-state index contributed by atoms with van der Waals surface area (Å²) in [6.45, 7) is 0. The minimum atomic E-state index is -1.53. The van der Waals surface area contributed by atoms with E-state index in [2.05, 4.69) is 20.5 Å².